The van der Waals surface area contributed by atoms with Crippen LogP contribution in [-0.2, 0) is 6.54 Å². The molecular weight excluding hydrogens is 358 g/mol. The second kappa shape index (κ2) is 9.01. The van der Waals surface area contributed by atoms with Crippen LogP contribution in [0, 0.1) is 11.3 Å². The molecule has 1 aliphatic rings. The third kappa shape index (κ3) is 4.86. The molecule has 28 heavy (non-hydrogen) atoms. The maximum atomic E-state index is 11.9. The number of piperazine rings is 1. The van der Waals surface area contributed by atoms with Crippen LogP contribution in [0.5, 0.6) is 0 Å². The molecule has 0 saturated carbocycles. The van der Waals surface area contributed by atoms with E-state index in [9.17, 15) is 9.59 Å². The molecule has 1 saturated heterocycles. The van der Waals surface area contributed by atoms with Crippen molar-refractivity contribution in [3.05, 3.63) is 52.1 Å². The van der Waals surface area contributed by atoms with Gasteiger partial charge in [-0.15, -0.1) is 0 Å². The Kier molecular flexibility index (Phi) is 6.24. The zero-order valence-electron chi connectivity index (χ0n) is 15.7. The molecule has 3 heterocycles. The number of H-pyrrole nitrogens is 1. The number of urea groups is 1. The molecule has 2 aromatic heterocycles. The lowest BCUT2D eigenvalue weighted by atomic mass is 10.2. The summed E-state index contributed by atoms with van der Waals surface area (Å²) < 4.78 is 0. The molecule has 2 aromatic rings. The number of anilines is 2. The van der Waals surface area contributed by atoms with E-state index in [-0.39, 0.29) is 11.2 Å². The summed E-state index contributed by atoms with van der Waals surface area (Å²) in [5, 5.41) is 14.0. The third-order valence-electron chi connectivity index (χ3n) is 4.53. The van der Waals surface area contributed by atoms with Gasteiger partial charge in [-0.3, -0.25) is 9.69 Å². The molecular formula is C19H23N7O2. The number of nitrogens with zero attached hydrogens (tertiary/aromatic N) is 4. The smallest absolute Gasteiger partial charge is 0.319 e. The normalized spacial score (nSPS) is 14.4. The quantitative estimate of drug-likeness (QED) is 0.714. The van der Waals surface area contributed by atoms with Crippen molar-refractivity contribution in [3.8, 4) is 6.07 Å². The lowest BCUT2D eigenvalue weighted by Gasteiger charge is -2.35. The number of carbonyl (C=O) groups excluding carboxylic acids is 1. The topological polar surface area (TPSA) is 117 Å². The van der Waals surface area contributed by atoms with Crippen molar-refractivity contribution >= 4 is 17.5 Å². The summed E-state index contributed by atoms with van der Waals surface area (Å²) in [7, 11) is 0. The molecule has 1 aliphatic heterocycles. The zero-order chi connectivity index (χ0) is 19.9. The van der Waals surface area contributed by atoms with E-state index in [0.29, 0.717) is 18.7 Å². The SMILES string of the molecule is CCNC(=O)Nc1cc(CN2CCN(c3ccc(C#N)cn3)CC2)c[nH]c1=O. The monoisotopic (exact) mass is 381 g/mol. The number of nitriles is 1. The molecule has 9 nitrogen and oxygen atoms in total. The highest BCUT2D eigenvalue weighted by Gasteiger charge is 2.18. The fraction of sp³-hybridized carbons (Fsp3) is 0.368. The van der Waals surface area contributed by atoms with E-state index in [4.69, 9.17) is 5.26 Å². The first-order chi connectivity index (χ1) is 13.6. The highest BCUT2D eigenvalue weighted by atomic mass is 16.2. The van der Waals surface area contributed by atoms with Crippen molar-refractivity contribution in [1.82, 2.24) is 20.2 Å². The maximum absolute atomic E-state index is 11.9. The molecule has 1 fully saturated rings. The molecule has 0 aliphatic carbocycles. The van der Waals surface area contributed by atoms with Gasteiger partial charge in [0.15, 0.2) is 0 Å². The molecule has 146 valence electrons. The van der Waals surface area contributed by atoms with Gasteiger partial charge >= 0.3 is 6.03 Å². The van der Waals surface area contributed by atoms with Gasteiger partial charge in [0.25, 0.3) is 5.56 Å². The van der Waals surface area contributed by atoms with Crippen LogP contribution in [0.2, 0.25) is 0 Å². The molecule has 0 atom stereocenters. The van der Waals surface area contributed by atoms with E-state index in [2.05, 4.69) is 36.5 Å². The van der Waals surface area contributed by atoms with Gasteiger partial charge in [-0.1, -0.05) is 0 Å². The Bertz CT molecular complexity index is 909. The highest BCUT2D eigenvalue weighted by Crippen LogP contribution is 2.15. The van der Waals surface area contributed by atoms with Crippen LogP contribution in [0.15, 0.2) is 35.4 Å². The van der Waals surface area contributed by atoms with Gasteiger partial charge in [0.1, 0.15) is 17.6 Å². The molecule has 0 bridgehead atoms. The van der Waals surface area contributed by atoms with Crippen LogP contribution in [0.25, 0.3) is 0 Å². The number of rotatable bonds is 5. The van der Waals surface area contributed by atoms with Crippen LogP contribution in [-0.4, -0.2) is 53.6 Å². The Morgan fingerprint density at radius 2 is 2.11 bits per heavy atom. The minimum atomic E-state index is -0.395. The average Bonchev–Trinajstić information content (AvgIpc) is 2.71. The van der Waals surface area contributed by atoms with Crippen molar-refractivity contribution in [1.29, 1.82) is 5.26 Å². The molecule has 9 heteroatoms. The second-order valence-corrected chi connectivity index (χ2v) is 6.52. The lowest BCUT2D eigenvalue weighted by molar-refractivity contribution is 0.249. The number of hydrogen-bond donors (Lipinski definition) is 3. The fourth-order valence-corrected chi connectivity index (χ4v) is 3.07. The standard InChI is InChI=1S/C19H23N7O2/c1-2-21-19(28)24-16-9-15(12-23-18(16)27)13-25-5-7-26(8-6-25)17-4-3-14(10-20)11-22-17/h3-4,9,11-12H,2,5-8,13H2,1H3,(H,23,27)(H2,21,24,28). The maximum Gasteiger partial charge on any atom is 0.319 e. The Morgan fingerprint density at radius 3 is 2.75 bits per heavy atom. The van der Waals surface area contributed by atoms with Crippen LogP contribution >= 0.6 is 0 Å². The van der Waals surface area contributed by atoms with Crippen LogP contribution in [0.4, 0.5) is 16.3 Å². The van der Waals surface area contributed by atoms with Gasteiger partial charge in [-0.05, 0) is 30.7 Å². The molecule has 3 N–H and O–H groups in total. The first kappa shape index (κ1) is 19.4. The summed E-state index contributed by atoms with van der Waals surface area (Å²) in [6.07, 6.45) is 3.27. The van der Waals surface area contributed by atoms with Crippen molar-refractivity contribution in [2.24, 2.45) is 0 Å². The Morgan fingerprint density at radius 1 is 1.32 bits per heavy atom. The minimum Gasteiger partial charge on any atom is -0.354 e. The first-order valence-electron chi connectivity index (χ1n) is 9.19. The Labute approximate surface area is 163 Å². The molecule has 0 unspecified atom stereocenters. The van der Waals surface area contributed by atoms with E-state index >= 15 is 0 Å². The van der Waals surface area contributed by atoms with E-state index in [1.165, 1.54) is 0 Å². The highest BCUT2D eigenvalue weighted by molar-refractivity contribution is 5.88. The fourth-order valence-electron chi connectivity index (χ4n) is 3.07. The van der Waals surface area contributed by atoms with E-state index in [0.717, 1.165) is 37.6 Å². The summed E-state index contributed by atoms with van der Waals surface area (Å²) in [5.41, 5.74) is 1.39. The van der Waals surface area contributed by atoms with Crippen molar-refractivity contribution in [3.63, 3.8) is 0 Å². The predicted octanol–water partition coefficient (Wildman–Crippen LogP) is 1.11. The van der Waals surface area contributed by atoms with E-state index < -0.39 is 6.03 Å². The number of amides is 2. The van der Waals surface area contributed by atoms with Gasteiger partial charge in [0.2, 0.25) is 0 Å². The minimum absolute atomic E-state index is 0.240. The largest absolute Gasteiger partial charge is 0.354 e. The van der Waals surface area contributed by atoms with Crippen molar-refractivity contribution in [2.75, 3.05) is 42.9 Å². The van der Waals surface area contributed by atoms with Crippen LogP contribution < -0.4 is 21.1 Å². The van der Waals surface area contributed by atoms with Gasteiger partial charge in [-0.2, -0.15) is 5.26 Å². The number of aromatic nitrogens is 2. The molecule has 0 spiro atoms. The Hall–Kier alpha value is -3.38. The summed E-state index contributed by atoms with van der Waals surface area (Å²) in [6.45, 7) is 6.32. The van der Waals surface area contributed by atoms with E-state index in [1.807, 2.05) is 13.0 Å². The lowest BCUT2D eigenvalue weighted by Crippen LogP contribution is -2.46. The van der Waals surface area contributed by atoms with Crippen molar-refractivity contribution < 1.29 is 4.79 Å². The first-order valence-corrected chi connectivity index (χ1v) is 9.19. The molecule has 0 aromatic carbocycles. The van der Waals surface area contributed by atoms with Gasteiger partial charge < -0.3 is 20.5 Å². The average molecular weight is 381 g/mol. The Balaban J connectivity index is 1.57. The second-order valence-electron chi connectivity index (χ2n) is 6.52. The number of nitrogens with one attached hydrogen (secondary N) is 3. The summed E-state index contributed by atoms with van der Waals surface area (Å²) in [6, 6.07) is 7.04. The van der Waals surface area contributed by atoms with Crippen molar-refractivity contribution in [2.45, 2.75) is 13.5 Å². The number of carbonyl (C=O) groups is 1. The number of pyridine rings is 2. The number of hydrogen-bond acceptors (Lipinski definition) is 6. The summed E-state index contributed by atoms with van der Waals surface area (Å²) in [4.78, 5) is 35.1. The summed E-state index contributed by atoms with van der Waals surface area (Å²) >= 11 is 0. The number of aromatic amines is 1. The summed E-state index contributed by atoms with van der Waals surface area (Å²) in [5.74, 6) is 0.871. The molecule has 2 amide bonds. The van der Waals surface area contributed by atoms with Gasteiger partial charge in [0, 0.05) is 51.7 Å². The van der Waals surface area contributed by atoms with Gasteiger partial charge in [-0.25, -0.2) is 9.78 Å². The molecule has 3 rings (SSSR count). The van der Waals surface area contributed by atoms with E-state index in [1.54, 1.807) is 24.5 Å². The zero-order valence-corrected chi connectivity index (χ0v) is 15.7. The van der Waals surface area contributed by atoms with Crippen LogP contribution in [0.3, 0.4) is 0 Å². The van der Waals surface area contributed by atoms with Gasteiger partial charge in [0.05, 0.1) is 5.56 Å². The van der Waals surface area contributed by atoms with Crippen LogP contribution in [0.1, 0.15) is 18.1 Å². The molecule has 0 radical (unpaired) electrons. The predicted molar refractivity (Wildman–Crippen MR) is 106 cm³/mol. The third-order valence-corrected chi connectivity index (χ3v) is 4.53.